The van der Waals surface area contributed by atoms with Gasteiger partial charge in [0.1, 0.15) is 0 Å². The molecule has 0 spiro atoms. The minimum atomic E-state index is -0.207. The Bertz CT molecular complexity index is 152. The van der Waals surface area contributed by atoms with E-state index in [0.29, 0.717) is 0 Å². The van der Waals surface area contributed by atoms with Crippen molar-refractivity contribution in [1.29, 1.82) is 0 Å². The molecule has 0 aromatic carbocycles. The molecule has 0 bridgehead atoms. The van der Waals surface area contributed by atoms with Gasteiger partial charge in [-0.2, -0.15) is 0 Å². The largest absolute Gasteiger partial charge is 0.391 e. The number of hydrogen-bond acceptors (Lipinski definition) is 3. The molecule has 3 atom stereocenters. The molecule has 0 aromatic rings. The second kappa shape index (κ2) is 4.94. The SMILES string of the molecule is CCO[C@@H](C)[C@@H]1[C@@H](O)CCN1CC. The Morgan fingerprint density at radius 3 is 2.77 bits per heavy atom. The van der Waals surface area contributed by atoms with Crippen LogP contribution in [-0.4, -0.2) is 48.0 Å². The first-order chi connectivity index (χ1) is 6.20. The summed E-state index contributed by atoms with van der Waals surface area (Å²) in [6.07, 6.45) is 0.819. The van der Waals surface area contributed by atoms with Crippen molar-refractivity contribution in [3.63, 3.8) is 0 Å². The fourth-order valence-corrected chi connectivity index (χ4v) is 2.20. The van der Waals surface area contributed by atoms with E-state index < -0.39 is 0 Å². The van der Waals surface area contributed by atoms with Crippen LogP contribution < -0.4 is 0 Å². The van der Waals surface area contributed by atoms with Crippen LogP contribution in [0.25, 0.3) is 0 Å². The lowest BCUT2D eigenvalue weighted by Crippen LogP contribution is -2.44. The van der Waals surface area contributed by atoms with Gasteiger partial charge in [-0.15, -0.1) is 0 Å². The first-order valence-electron chi connectivity index (χ1n) is 5.24. The molecule has 1 heterocycles. The van der Waals surface area contributed by atoms with Crippen molar-refractivity contribution in [2.24, 2.45) is 0 Å². The third-order valence-corrected chi connectivity index (χ3v) is 2.84. The molecule has 1 saturated heterocycles. The molecule has 1 aliphatic heterocycles. The van der Waals surface area contributed by atoms with Gasteiger partial charge < -0.3 is 9.84 Å². The molecule has 78 valence electrons. The number of aliphatic hydroxyl groups excluding tert-OH is 1. The Morgan fingerprint density at radius 1 is 1.54 bits per heavy atom. The molecule has 0 radical (unpaired) electrons. The summed E-state index contributed by atoms with van der Waals surface area (Å²) >= 11 is 0. The van der Waals surface area contributed by atoms with Gasteiger partial charge in [-0.1, -0.05) is 6.92 Å². The van der Waals surface area contributed by atoms with Crippen molar-refractivity contribution in [1.82, 2.24) is 4.90 Å². The van der Waals surface area contributed by atoms with E-state index in [1.807, 2.05) is 13.8 Å². The Balaban J connectivity index is 2.52. The van der Waals surface area contributed by atoms with Gasteiger partial charge in [0.2, 0.25) is 0 Å². The topological polar surface area (TPSA) is 32.7 Å². The summed E-state index contributed by atoms with van der Waals surface area (Å²) < 4.78 is 5.53. The third kappa shape index (κ3) is 2.42. The average Bonchev–Trinajstić information content (AvgIpc) is 2.47. The molecule has 1 rings (SSSR count). The van der Waals surface area contributed by atoms with Crippen LogP contribution >= 0.6 is 0 Å². The quantitative estimate of drug-likeness (QED) is 0.708. The Labute approximate surface area is 80.7 Å². The van der Waals surface area contributed by atoms with E-state index in [1.165, 1.54) is 0 Å². The molecule has 1 N–H and O–H groups in total. The summed E-state index contributed by atoms with van der Waals surface area (Å²) in [7, 11) is 0. The molecule has 0 saturated carbocycles. The van der Waals surface area contributed by atoms with Crippen LogP contribution in [0.3, 0.4) is 0 Å². The van der Waals surface area contributed by atoms with Gasteiger partial charge in [0.25, 0.3) is 0 Å². The van der Waals surface area contributed by atoms with Gasteiger partial charge in [0, 0.05) is 13.2 Å². The molecular formula is C10H21NO2. The van der Waals surface area contributed by atoms with Crippen LogP contribution in [0.2, 0.25) is 0 Å². The van der Waals surface area contributed by atoms with E-state index >= 15 is 0 Å². The van der Waals surface area contributed by atoms with Crippen molar-refractivity contribution in [2.45, 2.75) is 45.4 Å². The van der Waals surface area contributed by atoms with Crippen LogP contribution in [0.4, 0.5) is 0 Å². The van der Waals surface area contributed by atoms with E-state index in [9.17, 15) is 5.11 Å². The van der Waals surface area contributed by atoms with E-state index in [4.69, 9.17) is 4.74 Å². The molecule has 3 nitrogen and oxygen atoms in total. The Hall–Kier alpha value is -0.120. The van der Waals surface area contributed by atoms with Gasteiger partial charge in [-0.25, -0.2) is 0 Å². The molecule has 1 fully saturated rings. The number of likely N-dealkylation sites (N-methyl/N-ethyl adjacent to an activating group) is 1. The summed E-state index contributed by atoms with van der Waals surface area (Å²) in [5.74, 6) is 0. The van der Waals surface area contributed by atoms with E-state index in [-0.39, 0.29) is 18.2 Å². The molecule has 0 amide bonds. The monoisotopic (exact) mass is 187 g/mol. The van der Waals surface area contributed by atoms with Gasteiger partial charge in [-0.05, 0) is 26.8 Å². The number of aliphatic hydroxyl groups is 1. The van der Waals surface area contributed by atoms with E-state index in [1.54, 1.807) is 0 Å². The van der Waals surface area contributed by atoms with E-state index in [0.717, 1.165) is 26.1 Å². The van der Waals surface area contributed by atoms with Crippen molar-refractivity contribution in [3.8, 4) is 0 Å². The van der Waals surface area contributed by atoms with Crippen LogP contribution in [-0.2, 0) is 4.74 Å². The minimum absolute atomic E-state index is 0.141. The Morgan fingerprint density at radius 2 is 2.23 bits per heavy atom. The number of hydrogen-bond donors (Lipinski definition) is 1. The lowest BCUT2D eigenvalue weighted by atomic mass is 10.1. The molecule has 0 aromatic heterocycles. The second-order valence-electron chi connectivity index (χ2n) is 3.64. The lowest BCUT2D eigenvalue weighted by Gasteiger charge is -2.30. The maximum absolute atomic E-state index is 9.77. The normalized spacial score (nSPS) is 32.3. The predicted octanol–water partition coefficient (Wildman–Crippen LogP) is 0.866. The van der Waals surface area contributed by atoms with Crippen LogP contribution in [0.1, 0.15) is 27.2 Å². The predicted molar refractivity (Wildman–Crippen MR) is 52.7 cm³/mol. The number of nitrogens with zero attached hydrogens (tertiary/aromatic N) is 1. The van der Waals surface area contributed by atoms with Crippen LogP contribution in [0.15, 0.2) is 0 Å². The lowest BCUT2D eigenvalue weighted by molar-refractivity contribution is -0.0189. The summed E-state index contributed by atoms with van der Waals surface area (Å²) in [5, 5.41) is 9.77. The molecular weight excluding hydrogens is 166 g/mol. The van der Waals surface area contributed by atoms with E-state index in [2.05, 4.69) is 11.8 Å². The number of likely N-dealkylation sites (tertiary alicyclic amines) is 1. The average molecular weight is 187 g/mol. The van der Waals surface area contributed by atoms with Gasteiger partial charge in [0.15, 0.2) is 0 Å². The van der Waals surface area contributed by atoms with Crippen LogP contribution in [0.5, 0.6) is 0 Å². The van der Waals surface area contributed by atoms with Gasteiger partial charge >= 0.3 is 0 Å². The maximum Gasteiger partial charge on any atom is 0.0732 e. The standard InChI is InChI=1S/C10H21NO2/c1-4-11-7-6-9(12)10(11)8(3)13-5-2/h8-10,12H,4-7H2,1-3H3/t8-,9-,10+/m0/s1. The van der Waals surface area contributed by atoms with Crippen molar-refractivity contribution in [2.75, 3.05) is 19.7 Å². The van der Waals surface area contributed by atoms with Crippen molar-refractivity contribution >= 4 is 0 Å². The summed E-state index contributed by atoms with van der Waals surface area (Å²) in [5.41, 5.74) is 0. The van der Waals surface area contributed by atoms with Gasteiger partial charge in [-0.3, -0.25) is 4.90 Å². The van der Waals surface area contributed by atoms with Crippen LogP contribution in [0, 0.1) is 0 Å². The summed E-state index contributed by atoms with van der Waals surface area (Å²) in [6, 6.07) is 0.199. The molecule has 0 aliphatic carbocycles. The number of ether oxygens (including phenoxy) is 1. The highest BCUT2D eigenvalue weighted by Gasteiger charge is 2.35. The smallest absolute Gasteiger partial charge is 0.0732 e. The first-order valence-corrected chi connectivity index (χ1v) is 5.24. The zero-order valence-electron chi connectivity index (χ0n) is 8.86. The summed E-state index contributed by atoms with van der Waals surface area (Å²) in [6.45, 7) is 8.89. The van der Waals surface area contributed by atoms with Gasteiger partial charge in [0.05, 0.1) is 18.2 Å². The first kappa shape index (κ1) is 11.0. The fraction of sp³-hybridized carbons (Fsp3) is 1.00. The number of rotatable bonds is 4. The highest BCUT2D eigenvalue weighted by atomic mass is 16.5. The second-order valence-corrected chi connectivity index (χ2v) is 3.64. The molecule has 3 heteroatoms. The molecule has 0 unspecified atom stereocenters. The van der Waals surface area contributed by atoms with Crippen molar-refractivity contribution in [3.05, 3.63) is 0 Å². The highest BCUT2D eigenvalue weighted by Crippen LogP contribution is 2.21. The maximum atomic E-state index is 9.77. The fourth-order valence-electron chi connectivity index (χ4n) is 2.20. The Kier molecular flexibility index (Phi) is 4.16. The highest BCUT2D eigenvalue weighted by molar-refractivity contribution is 4.90. The molecule has 1 aliphatic rings. The minimum Gasteiger partial charge on any atom is -0.391 e. The zero-order valence-corrected chi connectivity index (χ0v) is 8.86. The molecule has 13 heavy (non-hydrogen) atoms. The third-order valence-electron chi connectivity index (χ3n) is 2.84. The summed E-state index contributed by atoms with van der Waals surface area (Å²) in [4.78, 5) is 2.30. The zero-order chi connectivity index (χ0) is 9.84. The van der Waals surface area contributed by atoms with Crippen molar-refractivity contribution < 1.29 is 9.84 Å².